The predicted molar refractivity (Wildman–Crippen MR) is 138 cm³/mol. The van der Waals surface area contributed by atoms with Crippen LogP contribution in [0.1, 0.15) is 0 Å². The molecule has 3 heterocycles. The molecular weight excluding hydrogens is 468 g/mol. The van der Waals surface area contributed by atoms with Gasteiger partial charge < -0.3 is 10.2 Å². The van der Waals surface area contributed by atoms with Crippen LogP contribution < -0.4 is 15.8 Å². The Morgan fingerprint density at radius 2 is 1.91 bits per heavy atom. The zero-order valence-electron chi connectivity index (χ0n) is 18.1. The van der Waals surface area contributed by atoms with Crippen LogP contribution in [0, 0.1) is 0 Å². The van der Waals surface area contributed by atoms with Gasteiger partial charge in [0, 0.05) is 11.4 Å². The maximum atomic E-state index is 13.3. The van der Waals surface area contributed by atoms with Gasteiger partial charge in [0.1, 0.15) is 11.2 Å². The Kier molecular flexibility index (Phi) is 6.04. The lowest BCUT2D eigenvalue weighted by Gasteiger charge is -2.29. The minimum atomic E-state index is -0.244. The van der Waals surface area contributed by atoms with Crippen molar-refractivity contribution in [3.63, 3.8) is 0 Å². The van der Waals surface area contributed by atoms with Crippen molar-refractivity contribution in [1.29, 1.82) is 0 Å². The van der Waals surface area contributed by atoms with Crippen LogP contribution in [-0.4, -0.2) is 33.7 Å². The monoisotopic (exact) mass is 488 g/mol. The summed E-state index contributed by atoms with van der Waals surface area (Å²) in [6.45, 7) is 4.00. The van der Waals surface area contributed by atoms with Crippen molar-refractivity contribution in [1.82, 2.24) is 9.55 Å². The minimum Gasteiger partial charge on any atom is -0.323 e. The van der Waals surface area contributed by atoms with E-state index in [1.54, 1.807) is 24.3 Å². The standard InChI is InChI=1S/C25H20N4O3S2/c1-2-12-28-24(32)23-18(13-20(34-23)16-8-4-3-5-9-16)27-25(28)33-15-22(31)29-14-21(30)26-17-10-6-7-11-19(17)29/h2-11,13H,1,12,14-15H2,(H,26,30). The lowest BCUT2D eigenvalue weighted by Crippen LogP contribution is -2.43. The number of carbonyl (C=O) groups excluding carboxylic acids is 2. The first kappa shape index (κ1) is 22.1. The third-order valence-electron chi connectivity index (χ3n) is 5.37. The Morgan fingerprint density at radius 1 is 1.15 bits per heavy atom. The van der Waals surface area contributed by atoms with Crippen LogP contribution in [0.15, 0.2) is 83.3 Å². The molecule has 170 valence electrons. The summed E-state index contributed by atoms with van der Waals surface area (Å²) in [5.41, 5.74) is 2.73. The molecule has 0 atom stereocenters. The molecule has 1 N–H and O–H groups in total. The summed E-state index contributed by atoms with van der Waals surface area (Å²) in [5.74, 6) is -0.444. The highest BCUT2D eigenvalue weighted by atomic mass is 32.2. The molecular formula is C25H20N4O3S2. The summed E-state index contributed by atoms with van der Waals surface area (Å²) < 4.78 is 2.10. The number of allylic oxidation sites excluding steroid dienone is 1. The number of amides is 2. The first-order chi connectivity index (χ1) is 16.5. The number of nitrogens with one attached hydrogen (secondary N) is 1. The second kappa shape index (κ2) is 9.28. The Bertz CT molecular complexity index is 1480. The van der Waals surface area contributed by atoms with E-state index < -0.39 is 0 Å². The zero-order chi connectivity index (χ0) is 23.7. The number of para-hydroxylation sites is 2. The molecule has 1 aliphatic rings. The van der Waals surface area contributed by atoms with Crippen molar-refractivity contribution in [2.24, 2.45) is 0 Å². The number of fused-ring (bicyclic) bond motifs is 2. The van der Waals surface area contributed by atoms with Crippen LogP contribution in [0.5, 0.6) is 0 Å². The number of thiophene rings is 1. The van der Waals surface area contributed by atoms with Gasteiger partial charge in [0.2, 0.25) is 11.8 Å². The highest BCUT2D eigenvalue weighted by Crippen LogP contribution is 2.33. The third-order valence-corrected chi connectivity index (χ3v) is 7.49. The fourth-order valence-corrected chi connectivity index (χ4v) is 5.73. The topological polar surface area (TPSA) is 84.3 Å². The summed E-state index contributed by atoms with van der Waals surface area (Å²) in [7, 11) is 0. The van der Waals surface area contributed by atoms with Crippen molar-refractivity contribution in [2.45, 2.75) is 11.7 Å². The largest absolute Gasteiger partial charge is 0.323 e. The van der Waals surface area contributed by atoms with Gasteiger partial charge in [0.15, 0.2) is 5.16 Å². The van der Waals surface area contributed by atoms with Crippen LogP contribution in [-0.2, 0) is 16.1 Å². The molecule has 5 rings (SSSR count). The van der Waals surface area contributed by atoms with Crippen molar-refractivity contribution in [2.75, 3.05) is 22.5 Å². The normalized spacial score (nSPS) is 12.9. The summed E-state index contributed by atoms with van der Waals surface area (Å²) >= 11 is 2.59. The highest BCUT2D eigenvalue weighted by molar-refractivity contribution is 7.99. The number of nitrogens with zero attached hydrogens (tertiary/aromatic N) is 3. The number of rotatable bonds is 6. The number of anilines is 2. The van der Waals surface area contributed by atoms with Crippen LogP contribution >= 0.6 is 23.1 Å². The van der Waals surface area contributed by atoms with Crippen molar-refractivity contribution >= 4 is 56.5 Å². The molecule has 2 aromatic carbocycles. The number of aromatic nitrogens is 2. The van der Waals surface area contributed by atoms with Gasteiger partial charge in [-0.05, 0) is 23.8 Å². The molecule has 0 saturated carbocycles. The number of hydrogen-bond acceptors (Lipinski definition) is 6. The molecule has 34 heavy (non-hydrogen) atoms. The van der Waals surface area contributed by atoms with E-state index in [-0.39, 0.29) is 36.2 Å². The van der Waals surface area contributed by atoms with E-state index in [1.807, 2.05) is 42.5 Å². The first-order valence-corrected chi connectivity index (χ1v) is 12.4. The predicted octanol–water partition coefficient (Wildman–Crippen LogP) is 4.39. The first-order valence-electron chi connectivity index (χ1n) is 10.6. The maximum absolute atomic E-state index is 13.3. The van der Waals surface area contributed by atoms with Gasteiger partial charge in [-0.15, -0.1) is 17.9 Å². The molecule has 0 saturated heterocycles. The highest BCUT2D eigenvalue weighted by Gasteiger charge is 2.27. The molecule has 0 unspecified atom stereocenters. The molecule has 2 amide bonds. The van der Waals surface area contributed by atoms with Crippen LogP contribution in [0.3, 0.4) is 0 Å². The Labute approximate surface area is 203 Å². The van der Waals surface area contributed by atoms with E-state index in [1.165, 1.54) is 32.6 Å². The molecule has 7 nitrogen and oxygen atoms in total. The average molecular weight is 489 g/mol. The quantitative estimate of drug-likeness (QED) is 0.247. The molecule has 0 spiro atoms. The molecule has 0 aliphatic carbocycles. The fraction of sp³-hybridized carbons (Fsp3) is 0.120. The van der Waals surface area contributed by atoms with Gasteiger partial charge in [-0.3, -0.25) is 19.0 Å². The zero-order valence-corrected chi connectivity index (χ0v) is 19.7. The summed E-state index contributed by atoms with van der Waals surface area (Å²) in [5, 5.41) is 3.22. The average Bonchev–Trinajstić information content (AvgIpc) is 3.29. The molecule has 0 fully saturated rings. The van der Waals surface area contributed by atoms with Gasteiger partial charge >= 0.3 is 0 Å². The van der Waals surface area contributed by atoms with Crippen molar-refractivity contribution in [3.05, 3.63) is 83.7 Å². The van der Waals surface area contributed by atoms with E-state index in [0.29, 0.717) is 26.7 Å². The smallest absolute Gasteiger partial charge is 0.272 e. The van der Waals surface area contributed by atoms with E-state index in [0.717, 1.165) is 10.4 Å². The van der Waals surface area contributed by atoms with Gasteiger partial charge in [-0.1, -0.05) is 60.3 Å². The molecule has 2 aromatic heterocycles. The Balaban J connectivity index is 1.46. The summed E-state index contributed by atoms with van der Waals surface area (Å²) in [6.07, 6.45) is 1.64. The van der Waals surface area contributed by atoms with E-state index in [2.05, 4.69) is 11.9 Å². The number of carbonyl (C=O) groups is 2. The molecule has 9 heteroatoms. The Hall–Kier alpha value is -3.69. The maximum Gasteiger partial charge on any atom is 0.272 e. The van der Waals surface area contributed by atoms with Crippen LogP contribution in [0.2, 0.25) is 0 Å². The van der Waals surface area contributed by atoms with Crippen molar-refractivity contribution < 1.29 is 9.59 Å². The molecule has 0 bridgehead atoms. The van der Waals surface area contributed by atoms with E-state index >= 15 is 0 Å². The summed E-state index contributed by atoms with van der Waals surface area (Å²) in [6, 6.07) is 18.9. The SMILES string of the molecule is C=CCn1c(SCC(=O)N2CC(=O)Nc3ccccc32)nc2cc(-c3ccccc3)sc2c1=O. The van der Waals surface area contributed by atoms with Crippen molar-refractivity contribution in [3.8, 4) is 10.4 Å². The third kappa shape index (κ3) is 4.15. The minimum absolute atomic E-state index is 0.0341. The van der Waals surface area contributed by atoms with Crippen LogP contribution in [0.25, 0.3) is 20.7 Å². The van der Waals surface area contributed by atoms with Gasteiger partial charge in [-0.2, -0.15) is 0 Å². The van der Waals surface area contributed by atoms with Gasteiger partial charge in [0.05, 0.1) is 22.6 Å². The summed E-state index contributed by atoms with van der Waals surface area (Å²) in [4.78, 5) is 45.6. The molecule has 0 radical (unpaired) electrons. The van der Waals surface area contributed by atoms with E-state index in [9.17, 15) is 14.4 Å². The Morgan fingerprint density at radius 3 is 2.71 bits per heavy atom. The lowest BCUT2D eigenvalue weighted by atomic mass is 10.2. The number of benzene rings is 2. The van der Waals surface area contributed by atoms with Gasteiger partial charge in [0.25, 0.3) is 5.56 Å². The van der Waals surface area contributed by atoms with Crippen LogP contribution in [0.4, 0.5) is 11.4 Å². The molecule has 4 aromatic rings. The fourth-order valence-electron chi connectivity index (χ4n) is 3.80. The second-order valence-corrected chi connectivity index (χ2v) is 9.62. The van der Waals surface area contributed by atoms with E-state index in [4.69, 9.17) is 4.98 Å². The second-order valence-electron chi connectivity index (χ2n) is 7.62. The number of thioether (sulfide) groups is 1. The lowest BCUT2D eigenvalue weighted by molar-refractivity contribution is -0.120. The van der Waals surface area contributed by atoms with Gasteiger partial charge in [-0.25, -0.2) is 4.98 Å². The number of hydrogen-bond donors (Lipinski definition) is 1. The molecule has 1 aliphatic heterocycles.